The van der Waals surface area contributed by atoms with E-state index in [-0.39, 0.29) is 17.8 Å². The van der Waals surface area contributed by atoms with E-state index in [1.165, 1.54) is 6.33 Å². The molecule has 1 N–H and O–H groups in total. The fourth-order valence-electron chi connectivity index (χ4n) is 3.11. The summed E-state index contributed by atoms with van der Waals surface area (Å²) in [6, 6.07) is 20.2. The molecule has 0 aliphatic carbocycles. The predicted molar refractivity (Wildman–Crippen MR) is 97.7 cm³/mol. The first-order valence-electron chi connectivity index (χ1n) is 8.10. The molecule has 128 valence electrons. The number of rotatable bonds is 6. The molecule has 1 aromatic heterocycles. The average molecular weight is 336 g/mol. The van der Waals surface area contributed by atoms with Gasteiger partial charge < -0.3 is 15.4 Å². The van der Waals surface area contributed by atoms with Gasteiger partial charge in [-0.25, -0.2) is 0 Å². The molecule has 25 heavy (non-hydrogen) atoms. The van der Waals surface area contributed by atoms with Crippen LogP contribution in [0.5, 0.6) is 0 Å². The summed E-state index contributed by atoms with van der Waals surface area (Å²) in [6.07, 6.45) is 1.45. The standard InChI is InChI=1S/C19H20N4O2/c1-14(21-19-18(23(24)25)20-13-22(19)2)17(15-9-5-3-6-10-15)16-11-7-4-8-12-16/h3-14,17,21H,1-2H3. The Balaban J connectivity index is 1.97. The predicted octanol–water partition coefficient (Wildman–Crippen LogP) is 3.96. The number of aryl methyl sites for hydroxylation is 1. The van der Waals surface area contributed by atoms with Crippen molar-refractivity contribution < 1.29 is 4.92 Å². The molecular weight excluding hydrogens is 316 g/mol. The molecule has 1 heterocycles. The van der Waals surface area contributed by atoms with Crippen LogP contribution >= 0.6 is 0 Å². The van der Waals surface area contributed by atoms with Gasteiger partial charge in [0.05, 0.1) is 0 Å². The molecular formula is C19H20N4O2. The van der Waals surface area contributed by atoms with Crippen molar-refractivity contribution in [2.75, 3.05) is 5.32 Å². The first-order chi connectivity index (χ1) is 12.1. The molecule has 6 nitrogen and oxygen atoms in total. The normalized spacial score (nSPS) is 12.1. The number of nitro groups is 1. The zero-order chi connectivity index (χ0) is 17.8. The van der Waals surface area contributed by atoms with Crippen LogP contribution in [0.3, 0.4) is 0 Å². The number of hydrogen-bond acceptors (Lipinski definition) is 4. The maximum atomic E-state index is 11.2. The fraction of sp³-hybridized carbons (Fsp3) is 0.211. The van der Waals surface area contributed by atoms with Crippen molar-refractivity contribution in [3.63, 3.8) is 0 Å². The summed E-state index contributed by atoms with van der Waals surface area (Å²) in [6.45, 7) is 2.03. The Labute approximate surface area is 146 Å². The van der Waals surface area contributed by atoms with E-state index >= 15 is 0 Å². The van der Waals surface area contributed by atoms with Crippen LogP contribution < -0.4 is 5.32 Å². The number of aromatic nitrogens is 2. The van der Waals surface area contributed by atoms with Crippen molar-refractivity contribution in [3.8, 4) is 0 Å². The molecule has 3 aromatic rings. The van der Waals surface area contributed by atoms with Crippen molar-refractivity contribution in [2.24, 2.45) is 7.05 Å². The number of imidazole rings is 1. The molecule has 3 rings (SSSR count). The largest absolute Gasteiger partial charge is 0.406 e. The van der Waals surface area contributed by atoms with Crippen molar-refractivity contribution in [3.05, 3.63) is 88.2 Å². The van der Waals surface area contributed by atoms with Gasteiger partial charge in [0, 0.05) is 19.0 Å². The van der Waals surface area contributed by atoms with Crippen LogP contribution in [0.25, 0.3) is 0 Å². The Bertz CT molecular complexity index is 807. The Morgan fingerprint density at radius 3 is 2.04 bits per heavy atom. The van der Waals surface area contributed by atoms with Crippen LogP contribution in [0.1, 0.15) is 24.0 Å². The van der Waals surface area contributed by atoms with E-state index in [0.717, 1.165) is 11.1 Å². The van der Waals surface area contributed by atoms with E-state index in [1.807, 2.05) is 43.3 Å². The summed E-state index contributed by atoms with van der Waals surface area (Å²) >= 11 is 0. The summed E-state index contributed by atoms with van der Waals surface area (Å²) in [5, 5.41) is 14.5. The smallest absolute Gasteiger partial charge is 0.361 e. The fourth-order valence-corrected chi connectivity index (χ4v) is 3.11. The van der Waals surface area contributed by atoms with Crippen LogP contribution in [-0.2, 0) is 7.05 Å². The van der Waals surface area contributed by atoms with Gasteiger partial charge in [-0.3, -0.25) is 4.57 Å². The lowest BCUT2D eigenvalue weighted by molar-refractivity contribution is -0.388. The zero-order valence-corrected chi connectivity index (χ0v) is 14.2. The maximum absolute atomic E-state index is 11.2. The van der Waals surface area contributed by atoms with Crippen LogP contribution in [0, 0.1) is 10.1 Å². The van der Waals surface area contributed by atoms with Gasteiger partial charge in [0.1, 0.15) is 0 Å². The summed E-state index contributed by atoms with van der Waals surface area (Å²) in [5.41, 5.74) is 2.30. The molecule has 0 radical (unpaired) electrons. The number of nitrogens with one attached hydrogen (secondary N) is 1. The Hall–Kier alpha value is -3.15. The Morgan fingerprint density at radius 2 is 1.56 bits per heavy atom. The summed E-state index contributed by atoms with van der Waals surface area (Å²) in [7, 11) is 1.75. The molecule has 1 unspecified atom stereocenters. The van der Waals surface area contributed by atoms with Gasteiger partial charge in [-0.15, -0.1) is 0 Å². The third kappa shape index (κ3) is 3.52. The van der Waals surface area contributed by atoms with E-state index < -0.39 is 4.92 Å². The van der Waals surface area contributed by atoms with Gasteiger partial charge in [-0.2, -0.15) is 0 Å². The van der Waals surface area contributed by atoms with Crippen molar-refractivity contribution in [2.45, 2.75) is 18.9 Å². The lowest BCUT2D eigenvalue weighted by atomic mass is 9.86. The Kier molecular flexibility index (Phi) is 4.79. The maximum Gasteiger partial charge on any atom is 0.406 e. The van der Waals surface area contributed by atoms with E-state index in [1.54, 1.807) is 11.6 Å². The van der Waals surface area contributed by atoms with Gasteiger partial charge in [0.15, 0.2) is 0 Å². The molecule has 0 amide bonds. The van der Waals surface area contributed by atoms with Crippen LogP contribution in [0.4, 0.5) is 11.6 Å². The molecule has 6 heteroatoms. The average Bonchev–Trinajstić information content (AvgIpc) is 2.98. The van der Waals surface area contributed by atoms with Crippen LogP contribution in [0.15, 0.2) is 67.0 Å². The first kappa shape index (κ1) is 16.7. The molecule has 0 saturated carbocycles. The lowest BCUT2D eigenvalue weighted by Crippen LogP contribution is -2.26. The van der Waals surface area contributed by atoms with E-state index in [2.05, 4.69) is 34.6 Å². The van der Waals surface area contributed by atoms with Crippen LogP contribution in [-0.4, -0.2) is 20.5 Å². The highest BCUT2D eigenvalue weighted by atomic mass is 16.6. The minimum Gasteiger partial charge on any atom is -0.361 e. The molecule has 0 saturated heterocycles. The highest BCUT2D eigenvalue weighted by Crippen LogP contribution is 2.31. The summed E-state index contributed by atoms with van der Waals surface area (Å²) < 4.78 is 1.64. The highest BCUT2D eigenvalue weighted by molar-refractivity contribution is 5.53. The molecule has 2 aromatic carbocycles. The molecule has 1 atom stereocenters. The zero-order valence-electron chi connectivity index (χ0n) is 14.2. The van der Waals surface area contributed by atoms with Gasteiger partial charge in [0.25, 0.3) is 0 Å². The molecule has 0 bridgehead atoms. The molecule has 0 aliphatic heterocycles. The van der Waals surface area contributed by atoms with E-state index in [4.69, 9.17) is 0 Å². The second-order valence-corrected chi connectivity index (χ2v) is 6.02. The van der Waals surface area contributed by atoms with Gasteiger partial charge in [-0.1, -0.05) is 60.7 Å². The number of benzene rings is 2. The molecule has 0 aliphatic rings. The number of hydrogen-bond donors (Lipinski definition) is 1. The minimum absolute atomic E-state index is 0.0527. The van der Waals surface area contributed by atoms with Gasteiger partial charge >= 0.3 is 5.82 Å². The van der Waals surface area contributed by atoms with Crippen molar-refractivity contribution >= 4 is 11.6 Å². The van der Waals surface area contributed by atoms with Crippen molar-refractivity contribution in [1.29, 1.82) is 0 Å². The SMILES string of the molecule is CC(Nc1c([N+](=O)[O-])ncn1C)C(c1ccccc1)c1ccccc1. The molecule has 0 spiro atoms. The van der Waals surface area contributed by atoms with E-state index in [0.29, 0.717) is 5.82 Å². The monoisotopic (exact) mass is 336 g/mol. The number of nitrogens with zero attached hydrogens (tertiary/aromatic N) is 3. The summed E-state index contributed by atoms with van der Waals surface area (Å²) in [4.78, 5) is 14.6. The Morgan fingerprint density at radius 1 is 1.04 bits per heavy atom. The quantitative estimate of drug-likeness (QED) is 0.546. The first-order valence-corrected chi connectivity index (χ1v) is 8.10. The second-order valence-electron chi connectivity index (χ2n) is 6.02. The third-order valence-electron chi connectivity index (χ3n) is 4.27. The summed E-state index contributed by atoms with van der Waals surface area (Å²) in [5.74, 6) is 0.306. The second kappa shape index (κ2) is 7.17. The van der Waals surface area contributed by atoms with Crippen LogP contribution in [0.2, 0.25) is 0 Å². The van der Waals surface area contributed by atoms with Gasteiger partial charge in [-0.05, 0) is 28.0 Å². The number of anilines is 1. The van der Waals surface area contributed by atoms with E-state index in [9.17, 15) is 10.1 Å². The topological polar surface area (TPSA) is 73.0 Å². The molecule has 0 fully saturated rings. The minimum atomic E-state index is -0.463. The lowest BCUT2D eigenvalue weighted by Gasteiger charge is -2.26. The highest BCUT2D eigenvalue weighted by Gasteiger charge is 2.26. The van der Waals surface area contributed by atoms with Crippen molar-refractivity contribution in [1.82, 2.24) is 9.55 Å². The third-order valence-corrected chi connectivity index (χ3v) is 4.27. The van der Waals surface area contributed by atoms with Gasteiger partial charge in [0.2, 0.25) is 12.1 Å².